The van der Waals surface area contributed by atoms with E-state index < -0.39 is 0 Å². The minimum Gasteiger partial charge on any atom is -0.352 e. The van der Waals surface area contributed by atoms with Crippen LogP contribution in [0.2, 0.25) is 0 Å². The molecular formula is C22H39NO2. The molecule has 0 spiro atoms. The lowest BCUT2D eigenvalue weighted by Crippen LogP contribution is -2.40. The SMILES string of the molecule is CCCCCCC1(C#N)CCC(C2OCC(CCCCC)CO2)CC1. The first-order chi connectivity index (χ1) is 12.2. The second-order valence-corrected chi connectivity index (χ2v) is 8.44. The maximum Gasteiger partial charge on any atom is 0.160 e. The Labute approximate surface area is 155 Å². The highest BCUT2D eigenvalue weighted by molar-refractivity contribution is 5.01. The first-order valence-corrected chi connectivity index (χ1v) is 10.9. The maximum atomic E-state index is 9.72. The lowest BCUT2D eigenvalue weighted by atomic mass is 9.68. The van der Waals surface area contributed by atoms with Gasteiger partial charge in [0.25, 0.3) is 0 Å². The van der Waals surface area contributed by atoms with E-state index in [0.29, 0.717) is 11.8 Å². The standard InChI is InChI=1S/C22H39NO2/c1-3-5-7-9-13-22(18-23)14-11-20(12-15-22)21-24-16-19(17-25-21)10-8-6-4-2/h19-21H,3-17H2,1-2H3. The smallest absolute Gasteiger partial charge is 0.160 e. The van der Waals surface area contributed by atoms with Crippen LogP contribution in [0.1, 0.15) is 97.3 Å². The fourth-order valence-corrected chi connectivity index (χ4v) is 4.45. The van der Waals surface area contributed by atoms with Gasteiger partial charge in [-0.3, -0.25) is 0 Å². The minimum atomic E-state index is -0.0679. The summed E-state index contributed by atoms with van der Waals surface area (Å²) in [5.41, 5.74) is -0.0679. The van der Waals surface area contributed by atoms with Gasteiger partial charge in [0.1, 0.15) is 0 Å². The van der Waals surface area contributed by atoms with Crippen LogP contribution in [0.15, 0.2) is 0 Å². The molecule has 0 aromatic heterocycles. The largest absolute Gasteiger partial charge is 0.352 e. The number of unbranched alkanes of at least 4 members (excludes halogenated alkanes) is 5. The number of nitrogens with zero attached hydrogens (tertiary/aromatic N) is 1. The molecule has 3 nitrogen and oxygen atoms in total. The molecule has 1 aliphatic carbocycles. The zero-order chi connectivity index (χ0) is 18.0. The number of nitriles is 1. The highest BCUT2D eigenvalue weighted by atomic mass is 16.7. The van der Waals surface area contributed by atoms with Crippen molar-refractivity contribution in [1.82, 2.24) is 0 Å². The summed E-state index contributed by atoms with van der Waals surface area (Å²) in [5, 5.41) is 9.72. The van der Waals surface area contributed by atoms with E-state index in [1.54, 1.807) is 0 Å². The normalized spacial score (nSPS) is 33.1. The van der Waals surface area contributed by atoms with Gasteiger partial charge in [-0.15, -0.1) is 0 Å². The van der Waals surface area contributed by atoms with Crippen LogP contribution in [0.25, 0.3) is 0 Å². The predicted octanol–water partition coefficient (Wildman–Crippen LogP) is 6.23. The Morgan fingerprint density at radius 3 is 2.16 bits per heavy atom. The monoisotopic (exact) mass is 349 g/mol. The van der Waals surface area contributed by atoms with E-state index in [0.717, 1.165) is 45.3 Å². The van der Waals surface area contributed by atoms with Crippen LogP contribution in [0.5, 0.6) is 0 Å². The lowest BCUT2D eigenvalue weighted by Gasteiger charge is -2.40. The molecule has 0 bridgehead atoms. The van der Waals surface area contributed by atoms with Gasteiger partial charge in [-0.25, -0.2) is 0 Å². The second-order valence-electron chi connectivity index (χ2n) is 8.44. The fourth-order valence-electron chi connectivity index (χ4n) is 4.45. The van der Waals surface area contributed by atoms with E-state index >= 15 is 0 Å². The molecule has 3 heteroatoms. The molecule has 25 heavy (non-hydrogen) atoms. The average Bonchev–Trinajstić information content (AvgIpc) is 2.67. The van der Waals surface area contributed by atoms with Crippen molar-refractivity contribution in [2.45, 2.75) is 104 Å². The summed E-state index contributed by atoms with van der Waals surface area (Å²) in [6.45, 7) is 6.22. The molecule has 2 rings (SSSR count). The van der Waals surface area contributed by atoms with Gasteiger partial charge in [0.15, 0.2) is 6.29 Å². The molecule has 0 amide bonds. The van der Waals surface area contributed by atoms with Crippen LogP contribution in [0.4, 0.5) is 0 Å². The second kappa shape index (κ2) is 11.2. The number of ether oxygens (including phenoxy) is 2. The summed E-state index contributed by atoms with van der Waals surface area (Å²) in [6, 6.07) is 2.67. The highest BCUT2D eigenvalue weighted by Crippen LogP contribution is 2.44. The van der Waals surface area contributed by atoms with Crippen molar-refractivity contribution in [2.24, 2.45) is 17.3 Å². The zero-order valence-electron chi connectivity index (χ0n) is 16.6. The summed E-state index contributed by atoms with van der Waals surface area (Å²) in [6.07, 6.45) is 15.5. The molecule has 0 N–H and O–H groups in total. The van der Waals surface area contributed by atoms with Crippen molar-refractivity contribution in [1.29, 1.82) is 5.26 Å². The molecular weight excluding hydrogens is 310 g/mol. The lowest BCUT2D eigenvalue weighted by molar-refractivity contribution is -0.231. The van der Waals surface area contributed by atoms with Gasteiger partial charge >= 0.3 is 0 Å². The minimum absolute atomic E-state index is 0.0146. The van der Waals surface area contributed by atoms with Crippen molar-refractivity contribution >= 4 is 0 Å². The zero-order valence-corrected chi connectivity index (χ0v) is 16.6. The highest BCUT2D eigenvalue weighted by Gasteiger charge is 2.39. The van der Waals surface area contributed by atoms with E-state index in [9.17, 15) is 5.26 Å². The Kier molecular flexibility index (Phi) is 9.28. The van der Waals surface area contributed by atoms with Crippen molar-refractivity contribution in [3.05, 3.63) is 0 Å². The Balaban J connectivity index is 1.68. The molecule has 0 aromatic rings. The summed E-state index contributed by atoms with van der Waals surface area (Å²) >= 11 is 0. The van der Waals surface area contributed by atoms with Crippen LogP contribution < -0.4 is 0 Å². The molecule has 1 saturated carbocycles. The van der Waals surface area contributed by atoms with E-state index in [1.165, 1.54) is 51.4 Å². The van der Waals surface area contributed by atoms with Gasteiger partial charge in [0, 0.05) is 11.8 Å². The summed E-state index contributed by atoms with van der Waals surface area (Å²) in [5.74, 6) is 1.08. The van der Waals surface area contributed by atoms with Crippen molar-refractivity contribution in [2.75, 3.05) is 13.2 Å². The third-order valence-corrected chi connectivity index (χ3v) is 6.33. The van der Waals surface area contributed by atoms with Gasteiger partial charge in [-0.1, -0.05) is 58.8 Å². The van der Waals surface area contributed by atoms with Gasteiger partial charge in [0.05, 0.1) is 24.7 Å². The van der Waals surface area contributed by atoms with E-state index in [-0.39, 0.29) is 11.7 Å². The first kappa shape index (κ1) is 20.7. The Morgan fingerprint density at radius 2 is 1.56 bits per heavy atom. The van der Waals surface area contributed by atoms with Gasteiger partial charge in [-0.2, -0.15) is 5.26 Å². The Morgan fingerprint density at radius 1 is 0.920 bits per heavy atom. The Bertz CT molecular complexity index is 387. The van der Waals surface area contributed by atoms with E-state index in [2.05, 4.69) is 19.9 Å². The van der Waals surface area contributed by atoms with E-state index in [1.807, 2.05) is 0 Å². The van der Waals surface area contributed by atoms with Crippen LogP contribution in [-0.4, -0.2) is 19.5 Å². The topological polar surface area (TPSA) is 42.2 Å². The van der Waals surface area contributed by atoms with Crippen LogP contribution >= 0.6 is 0 Å². The molecule has 0 atom stereocenters. The number of hydrogen-bond acceptors (Lipinski definition) is 3. The summed E-state index contributed by atoms with van der Waals surface area (Å²) < 4.78 is 12.1. The van der Waals surface area contributed by atoms with Crippen LogP contribution in [-0.2, 0) is 9.47 Å². The molecule has 1 heterocycles. The summed E-state index contributed by atoms with van der Waals surface area (Å²) in [4.78, 5) is 0. The van der Waals surface area contributed by atoms with Gasteiger partial charge in [-0.05, 0) is 38.5 Å². The molecule has 0 unspecified atom stereocenters. The van der Waals surface area contributed by atoms with Gasteiger partial charge in [0.2, 0.25) is 0 Å². The van der Waals surface area contributed by atoms with Crippen LogP contribution in [0.3, 0.4) is 0 Å². The number of rotatable bonds is 10. The van der Waals surface area contributed by atoms with Gasteiger partial charge < -0.3 is 9.47 Å². The molecule has 2 fully saturated rings. The van der Waals surface area contributed by atoms with E-state index in [4.69, 9.17) is 9.47 Å². The molecule has 1 aliphatic heterocycles. The average molecular weight is 350 g/mol. The van der Waals surface area contributed by atoms with Crippen molar-refractivity contribution < 1.29 is 9.47 Å². The summed E-state index contributed by atoms with van der Waals surface area (Å²) in [7, 11) is 0. The molecule has 144 valence electrons. The third kappa shape index (κ3) is 6.57. The Hall–Kier alpha value is -0.590. The quantitative estimate of drug-likeness (QED) is 0.439. The predicted molar refractivity (Wildman–Crippen MR) is 102 cm³/mol. The molecule has 2 aliphatic rings. The third-order valence-electron chi connectivity index (χ3n) is 6.33. The van der Waals surface area contributed by atoms with Crippen molar-refractivity contribution in [3.8, 4) is 6.07 Å². The maximum absolute atomic E-state index is 9.72. The first-order valence-electron chi connectivity index (χ1n) is 10.9. The molecule has 0 radical (unpaired) electrons. The number of hydrogen-bond donors (Lipinski definition) is 0. The molecule has 1 saturated heterocycles. The molecule has 0 aromatic carbocycles. The van der Waals surface area contributed by atoms with Crippen LogP contribution in [0, 0.1) is 28.6 Å². The fraction of sp³-hybridized carbons (Fsp3) is 0.955. The van der Waals surface area contributed by atoms with Crippen molar-refractivity contribution in [3.63, 3.8) is 0 Å².